The highest BCUT2D eigenvalue weighted by Crippen LogP contribution is 2.29. The predicted octanol–water partition coefficient (Wildman–Crippen LogP) is 5.55. The number of rotatable bonds is 2. The van der Waals surface area contributed by atoms with E-state index < -0.39 is 0 Å². The van der Waals surface area contributed by atoms with Crippen LogP contribution in [0.15, 0.2) is 33.2 Å². The van der Waals surface area contributed by atoms with Gasteiger partial charge in [0.05, 0.1) is 4.47 Å². The first kappa shape index (κ1) is 15.9. The highest BCUT2D eigenvalue weighted by atomic mass is 79.9. The number of nitrogens with zero attached hydrogens (tertiary/aromatic N) is 1. The molecule has 0 saturated carbocycles. The van der Waals surface area contributed by atoms with Crippen molar-refractivity contribution in [1.29, 1.82) is 0 Å². The molecule has 20 heavy (non-hydrogen) atoms. The van der Waals surface area contributed by atoms with Gasteiger partial charge in [-0.05, 0) is 27.6 Å². The van der Waals surface area contributed by atoms with E-state index in [4.69, 9.17) is 12.2 Å². The monoisotopic (exact) mass is 414 g/mol. The van der Waals surface area contributed by atoms with Crippen molar-refractivity contribution in [1.82, 2.24) is 9.97 Å². The Kier molecular flexibility index (Phi) is 4.82. The zero-order valence-electron chi connectivity index (χ0n) is 11.6. The van der Waals surface area contributed by atoms with Crippen molar-refractivity contribution in [2.45, 2.75) is 32.6 Å². The zero-order chi connectivity index (χ0) is 14.9. The van der Waals surface area contributed by atoms with Crippen molar-refractivity contribution in [2.75, 3.05) is 0 Å². The van der Waals surface area contributed by atoms with Gasteiger partial charge in [0.15, 0.2) is 0 Å². The summed E-state index contributed by atoms with van der Waals surface area (Å²) in [4.78, 5) is 7.90. The molecular formula is C15H16Br2N2S. The molecule has 5 heteroatoms. The third kappa shape index (κ3) is 3.57. The Morgan fingerprint density at radius 3 is 2.45 bits per heavy atom. The smallest absolute Gasteiger partial charge is 0.144 e. The fourth-order valence-corrected chi connectivity index (χ4v) is 3.35. The summed E-state index contributed by atoms with van der Waals surface area (Å²) < 4.78 is 2.58. The molecule has 0 aliphatic carbocycles. The van der Waals surface area contributed by atoms with Crippen molar-refractivity contribution in [3.8, 4) is 0 Å². The van der Waals surface area contributed by atoms with E-state index in [0.29, 0.717) is 4.64 Å². The third-order valence-corrected chi connectivity index (χ3v) is 5.08. The number of aromatic nitrogens is 2. The molecule has 0 radical (unpaired) electrons. The molecule has 0 saturated heterocycles. The maximum Gasteiger partial charge on any atom is 0.144 e. The molecule has 2 nitrogen and oxygen atoms in total. The number of aromatic amines is 1. The van der Waals surface area contributed by atoms with Gasteiger partial charge in [-0.15, -0.1) is 0 Å². The molecule has 0 bridgehead atoms. The van der Waals surface area contributed by atoms with Crippen LogP contribution in [0.4, 0.5) is 0 Å². The van der Waals surface area contributed by atoms with E-state index in [-0.39, 0.29) is 5.41 Å². The van der Waals surface area contributed by atoms with E-state index in [1.54, 1.807) is 0 Å². The number of hydrogen-bond donors (Lipinski definition) is 1. The summed E-state index contributed by atoms with van der Waals surface area (Å²) in [5, 5.41) is 0. The standard InChI is InChI=1S/C15H16Br2N2S/c1-15(2,3)13-12(17)14(20)19-11(18-13)8-9-6-4-5-7-10(9)16/h4-7H,8H2,1-3H3,(H,18,19,20). The minimum absolute atomic E-state index is 0.0159. The molecule has 1 aromatic heterocycles. The SMILES string of the molecule is CC(C)(C)c1[nH]c(Cc2ccccc2Br)nc(=S)c1Br. The lowest BCUT2D eigenvalue weighted by Gasteiger charge is -2.21. The summed E-state index contributed by atoms with van der Waals surface area (Å²) >= 11 is 12.5. The fraction of sp³-hybridized carbons (Fsp3) is 0.333. The number of nitrogens with one attached hydrogen (secondary N) is 1. The molecule has 0 aliphatic rings. The first-order valence-electron chi connectivity index (χ1n) is 6.31. The van der Waals surface area contributed by atoms with Crippen molar-refractivity contribution in [3.05, 3.63) is 54.9 Å². The van der Waals surface area contributed by atoms with Gasteiger partial charge in [0, 0.05) is 22.0 Å². The number of halogens is 2. The van der Waals surface area contributed by atoms with Gasteiger partial charge >= 0.3 is 0 Å². The number of benzene rings is 1. The fourth-order valence-electron chi connectivity index (χ4n) is 1.93. The lowest BCUT2D eigenvalue weighted by molar-refractivity contribution is 0.558. The second-order valence-electron chi connectivity index (χ2n) is 5.70. The molecule has 0 unspecified atom stereocenters. The molecule has 106 valence electrons. The van der Waals surface area contributed by atoms with Gasteiger partial charge in [-0.25, -0.2) is 4.98 Å². The summed E-state index contributed by atoms with van der Waals surface area (Å²) in [7, 11) is 0. The van der Waals surface area contributed by atoms with Crippen LogP contribution in [0.5, 0.6) is 0 Å². The van der Waals surface area contributed by atoms with Crippen molar-refractivity contribution < 1.29 is 0 Å². The van der Waals surface area contributed by atoms with E-state index in [1.807, 2.05) is 18.2 Å². The molecule has 1 heterocycles. The average molecular weight is 416 g/mol. The minimum atomic E-state index is -0.0159. The molecule has 1 aromatic carbocycles. The van der Waals surface area contributed by atoms with Crippen molar-refractivity contribution in [2.24, 2.45) is 0 Å². The first-order chi connectivity index (χ1) is 9.29. The van der Waals surface area contributed by atoms with Crippen LogP contribution in [0.25, 0.3) is 0 Å². The normalized spacial score (nSPS) is 11.7. The Hall–Kier alpha value is -0.520. The molecule has 0 amide bonds. The minimum Gasteiger partial charge on any atom is -0.345 e. The Bertz CT molecular complexity index is 687. The summed E-state index contributed by atoms with van der Waals surface area (Å²) in [5.74, 6) is 0.884. The summed E-state index contributed by atoms with van der Waals surface area (Å²) in [5.41, 5.74) is 2.25. The highest BCUT2D eigenvalue weighted by Gasteiger charge is 2.20. The second kappa shape index (κ2) is 6.08. The molecule has 0 spiro atoms. The van der Waals surface area contributed by atoms with Crippen LogP contribution in [-0.4, -0.2) is 9.97 Å². The summed E-state index contributed by atoms with van der Waals surface area (Å²) in [6.07, 6.45) is 0.724. The van der Waals surface area contributed by atoms with Crippen LogP contribution in [0.1, 0.15) is 37.9 Å². The van der Waals surface area contributed by atoms with Crippen LogP contribution in [0, 0.1) is 4.64 Å². The van der Waals surface area contributed by atoms with E-state index in [1.165, 1.54) is 5.56 Å². The molecule has 2 aromatic rings. The molecule has 0 atom stereocenters. The zero-order valence-corrected chi connectivity index (χ0v) is 15.6. The van der Waals surface area contributed by atoms with Crippen LogP contribution in [0.2, 0.25) is 0 Å². The van der Waals surface area contributed by atoms with Gasteiger partial charge in [-0.2, -0.15) is 0 Å². The average Bonchev–Trinajstić information content (AvgIpc) is 2.35. The Labute approximate surface area is 141 Å². The molecule has 1 N–H and O–H groups in total. The lowest BCUT2D eigenvalue weighted by Crippen LogP contribution is -2.17. The Morgan fingerprint density at radius 2 is 1.85 bits per heavy atom. The summed E-state index contributed by atoms with van der Waals surface area (Å²) in [6.45, 7) is 6.46. The molecule has 0 fully saturated rings. The van der Waals surface area contributed by atoms with Crippen LogP contribution >= 0.6 is 44.1 Å². The number of hydrogen-bond acceptors (Lipinski definition) is 2. The van der Waals surface area contributed by atoms with E-state index in [9.17, 15) is 0 Å². The van der Waals surface area contributed by atoms with Crippen molar-refractivity contribution in [3.63, 3.8) is 0 Å². The van der Waals surface area contributed by atoms with Gasteiger partial charge in [-0.3, -0.25) is 0 Å². The quantitative estimate of drug-likeness (QED) is 0.651. The third-order valence-electron chi connectivity index (χ3n) is 2.98. The van der Waals surface area contributed by atoms with Crippen LogP contribution in [0.3, 0.4) is 0 Å². The molecule has 2 rings (SSSR count). The van der Waals surface area contributed by atoms with Crippen molar-refractivity contribution >= 4 is 44.1 Å². The van der Waals surface area contributed by atoms with Crippen LogP contribution in [-0.2, 0) is 11.8 Å². The van der Waals surface area contributed by atoms with Gasteiger partial charge in [-0.1, -0.05) is 67.1 Å². The number of H-pyrrole nitrogens is 1. The van der Waals surface area contributed by atoms with E-state index in [2.05, 4.69) is 68.7 Å². The summed E-state index contributed by atoms with van der Waals surface area (Å²) in [6, 6.07) is 8.15. The van der Waals surface area contributed by atoms with Gasteiger partial charge in [0.2, 0.25) is 0 Å². The second-order valence-corrected chi connectivity index (χ2v) is 7.73. The van der Waals surface area contributed by atoms with E-state index in [0.717, 1.165) is 26.9 Å². The Balaban J connectivity index is 2.47. The predicted molar refractivity (Wildman–Crippen MR) is 92.8 cm³/mol. The molecular weight excluding hydrogens is 400 g/mol. The molecule has 0 aliphatic heterocycles. The maximum absolute atomic E-state index is 5.36. The first-order valence-corrected chi connectivity index (χ1v) is 8.31. The van der Waals surface area contributed by atoms with Gasteiger partial charge in [0.25, 0.3) is 0 Å². The highest BCUT2D eigenvalue weighted by molar-refractivity contribution is 9.10. The van der Waals surface area contributed by atoms with Crippen LogP contribution < -0.4 is 0 Å². The Morgan fingerprint density at radius 1 is 1.20 bits per heavy atom. The topological polar surface area (TPSA) is 28.7 Å². The lowest BCUT2D eigenvalue weighted by atomic mass is 9.92. The van der Waals surface area contributed by atoms with Gasteiger partial charge < -0.3 is 4.98 Å². The largest absolute Gasteiger partial charge is 0.345 e. The van der Waals surface area contributed by atoms with Gasteiger partial charge in [0.1, 0.15) is 10.5 Å². The maximum atomic E-state index is 5.36. The van der Waals surface area contributed by atoms with E-state index >= 15 is 0 Å².